The first-order valence-electron chi connectivity index (χ1n) is 6.65. The summed E-state index contributed by atoms with van der Waals surface area (Å²) in [5.74, 6) is 0.975. The van der Waals surface area contributed by atoms with E-state index in [9.17, 15) is 0 Å². The Morgan fingerprint density at radius 3 is 2.50 bits per heavy atom. The molecule has 20 heavy (non-hydrogen) atoms. The molecule has 0 saturated carbocycles. The van der Waals surface area contributed by atoms with Crippen molar-refractivity contribution in [1.29, 1.82) is 0 Å². The molecule has 0 saturated heterocycles. The van der Waals surface area contributed by atoms with Crippen molar-refractivity contribution < 1.29 is 4.74 Å². The number of nitrogens with one attached hydrogen (secondary N) is 1. The number of benzene rings is 2. The fourth-order valence-corrected chi connectivity index (χ4v) is 3.06. The van der Waals surface area contributed by atoms with Crippen molar-refractivity contribution in [2.24, 2.45) is 0 Å². The van der Waals surface area contributed by atoms with Crippen LogP contribution in [0.5, 0.6) is 5.75 Å². The highest BCUT2D eigenvalue weighted by Gasteiger charge is 2.18. The molecular weight excluding hydrogens is 361 g/mol. The van der Waals surface area contributed by atoms with Gasteiger partial charge in [0, 0.05) is 9.13 Å². The Balaban J connectivity index is 2.55. The van der Waals surface area contributed by atoms with Crippen molar-refractivity contribution in [1.82, 2.24) is 5.32 Å². The molecule has 2 rings (SSSR count). The summed E-state index contributed by atoms with van der Waals surface area (Å²) in [4.78, 5) is 0. The Morgan fingerprint density at radius 2 is 1.90 bits per heavy atom. The zero-order valence-electron chi connectivity index (χ0n) is 12.3. The van der Waals surface area contributed by atoms with E-state index in [2.05, 4.69) is 78.2 Å². The standard InChI is InChI=1S/C17H20INO/c1-11-8-9-15(17(20-4)12(11)2)16(19-3)13-6-5-7-14(18)10-13/h5-10,16,19H,1-4H3. The number of hydrogen-bond donors (Lipinski definition) is 1. The molecule has 0 aliphatic heterocycles. The average Bonchev–Trinajstić information content (AvgIpc) is 2.44. The molecule has 1 unspecified atom stereocenters. The van der Waals surface area contributed by atoms with Gasteiger partial charge in [-0.3, -0.25) is 0 Å². The largest absolute Gasteiger partial charge is 0.496 e. The number of hydrogen-bond acceptors (Lipinski definition) is 2. The molecule has 0 radical (unpaired) electrons. The third kappa shape index (κ3) is 2.99. The second-order valence-corrected chi connectivity index (χ2v) is 6.15. The smallest absolute Gasteiger partial charge is 0.127 e. The molecule has 0 amide bonds. The third-order valence-electron chi connectivity index (χ3n) is 3.69. The highest BCUT2D eigenvalue weighted by atomic mass is 127. The highest BCUT2D eigenvalue weighted by molar-refractivity contribution is 14.1. The number of halogens is 1. The van der Waals surface area contributed by atoms with Gasteiger partial charge in [0.1, 0.15) is 5.75 Å². The zero-order chi connectivity index (χ0) is 14.7. The predicted octanol–water partition coefficient (Wildman–Crippen LogP) is 4.23. The van der Waals surface area contributed by atoms with Crippen molar-refractivity contribution >= 4 is 22.6 Å². The fourth-order valence-electron chi connectivity index (χ4n) is 2.50. The van der Waals surface area contributed by atoms with Crippen LogP contribution in [0.15, 0.2) is 36.4 Å². The topological polar surface area (TPSA) is 21.3 Å². The molecule has 0 fully saturated rings. The third-order valence-corrected chi connectivity index (χ3v) is 4.36. The second kappa shape index (κ2) is 6.59. The highest BCUT2D eigenvalue weighted by Crippen LogP contribution is 2.34. The van der Waals surface area contributed by atoms with Gasteiger partial charge in [0.15, 0.2) is 0 Å². The van der Waals surface area contributed by atoms with Crippen LogP contribution in [0.4, 0.5) is 0 Å². The van der Waals surface area contributed by atoms with Crippen LogP contribution in [0.2, 0.25) is 0 Å². The summed E-state index contributed by atoms with van der Waals surface area (Å²) >= 11 is 2.35. The lowest BCUT2D eigenvalue weighted by Gasteiger charge is -2.22. The Labute approximate surface area is 134 Å². The predicted molar refractivity (Wildman–Crippen MR) is 92.5 cm³/mol. The lowest BCUT2D eigenvalue weighted by molar-refractivity contribution is 0.402. The van der Waals surface area contributed by atoms with E-state index in [4.69, 9.17) is 4.74 Å². The van der Waals surface area contributed by atoms with Crippen LogP contribution in [0.25, 0.3) is 0 Å². The Kier molecular flexibility index (Phi) is 5.05. The van der Waals surface area contributed by atoms with Gasteiger partial charge in [-0.05, 0) is 72.3 Å². The van der Waals surface area contributed by atoms with E-state index in [-0.39, 0.29) is 6.04 Å². The second-order valence-electron chi connectivity index (χ2n) is 4.91. The van der Waals surface area contributed by atoms with Gasteiger partial charge in [-0.15, -0.1) is 0 Å². The van der Waals surface area contributed by atoms with Gasteiger partial charge in [0.05, 0.1) is 13.2 Å². The molecule has 0 aliphatic rings. The van der Waals surface area contributed by atoms with Crippen molar-refractivity contribution in [2.45, 2.75) is 19.9 Å². The molecule has 0 spiro atoms. The van der Waals surface area contributed by atoms with Gasteiger partial charge in [-0.2, -0.15) is 0 Å². The van der Waals surface area contributed by atoms with E-state index in [0.717, 1.165) is 5.75 Å². The minimum Gasteiger partial charge on any atom is -0.496 e. The summed E-state index contributed by atoms with van der Waals surface area (Å²) in [5.41, 5.74) is 4.89. The normalized spacial score (nSPS) is 12.2. The molecule has 0 heterocycles. The van der Waals surface area contributed by atoms with Crippen LogP contribution in [0.1, 0.15) is 28.3 Å². The summed E-state index contributed by atoms with van der Waals surface area (Å²) < 4.78 is 6.89. The van der Waals surface area contributed by atoms with E-state index in [1.807, 2.05) is 7.05 Å². The molecule has 2 nitrogen and oxygen atoms in total. The van der Waals surface area contributed by atoms with Crippen LogP contribution >= 0.6 is 22.6 Å². The molecule has 0 aliphatic carbocycles. The molecule has 2 aromatic carbocycles. The molecule has 1 N–H and O–H groups in total. The lowest BCUT2D eigenvalue weighted by atomic mass is 9.94. The summed E-state index contributed by atoms with van der Waals surface area (Å²) in [6, 6.07) is 13.0. The summed E-state index contributed by atoms with van der Waals surface area (Å²) in [6.45, 7) is 4.22. The molecular formula is C17H20INO. The minimum atomic E-state index is 0.138. The molecule has 1 atom stereocenters. The zero-order valence-corrected chi connectivity index (χ0v) is 14.5. The van der Waals surface area contributed by atoms with Crippen LogP contribution in [-0.2, 0) is 0 Å². The number of aryl methyl sites for hydroxylation is 1. The number of ether oxygens (including phenoxy) is 1. The minimum absolute atomic E-state index is 0.138. The van der Waals surface area contributed by atoms with E-state index in [1.165, 1.54) is 25.8 Å². The van der Waals surface area contributed by atoms with Crippen LogP contribution in [-0.4, -0.2) is 14.2 Å². The van der Waals surface area contributed by atoms with Gasteiger partial charge < -0.3 is 10.1 Å². The monoisotopic (exact) mass is 381 g/mol. The first-order valence-corrected chi connectivity index (χ1v) is 7.73. The van der Waals surface area contributed by atoms with Crippen molar-refractivity contribution in [3.8, 4) is 5.75 Å². The molecule has 2 aromatic rings. The quantitative estimate of drug-likeness (QED) is 0.801. The Morgan fingerprint density at radius 1 is 1.15 bits per heavy atom. The van der Waals surface area contributed by atoms with Crippen LogP contribution in [0.3, 0.4) is 0 Å². The average molecular weight is 381 g/mol. The Bertz CT molecular complexity index is 610. The molecule has 0 bridgehead atoms. The maximum Gasteiger partial charge on any atom is 0.127 e. The summed E-state index contributed by atoms with van der Waals surface area (Å²) in [6.07, 6.45) is 0. The van der Waals surface area contributed by atoms with E-state index in [0.29, 0.717) is 0 Å². The number of methoxy groups -OCH3 is 1. The van der Waals surface area contributed by atoms with Crippen molar-refractivity contribution in [2.75, 3.05) is 14.2 Å². The van der Waals surface area contributed by atoms with Crippen LogP contribution < -0.4 is 10.1 Å². The van der Waals surface area contributed by atoms with Gasteiger partial charge in [0.2, 0.25) is 0 Å². The van der Waals surface area contributed by atoms with E-state index < -0.39 is 0 Å². The first-order chi connectivity index (χ1) is 9.58. The van der Waals surface area contributed by atoms with Gasteiger partial charge in [-0.1, -0.05) is 24.3 Å². The maximum atomic E-state index is 5.65. The lowest BCUT2D eigenvalue weighted by Crippen LogP contribution is -2.19. The van der Waals surface area contributed by atoms with Gasteiger partial charge >= 0.3 is 0 Å². The van der Waals surface area contributed by atoms with Gasteiger partial charge in [0.25, 0.3) is 0 Å². The molecule has 106 valence electrons. The van der Waals surface area contributed by atoms with Gasteiger partial charge in [-0.25, -0.2) is 0 Å². The van der Waals surface area contributed by atoms with E-state index >= 15 is 0 Å². The summed E-state index contributed by atoms with van der Waals surface area (Å²) in [7, 11) is 3.73. The summed E-state index contributed by atoms with van der Waals surface area (Å²) in [5, 5.41) is 3.40. The SMILES string of the molecule is CNC(c1cccc(I)c1)c1ccc(C)c(C)c1OC. The van der Waals surface area contributed by atoms with Crippen LogP contribution in [0, 0.1) is 17.4 Å². The Hall–Kier alpha value is -1.07. The molecule has 3 heteroatoms. The number of rotatable bonds is 4. The van der Waals surface area contributed by atoms with E-state index in [1.54, 1.807) is 7.11 Å². The molecule has 0 aromatic heterocycles. The van der Waals surface area contributed by atoms with Crippen molar-refractivity contribution in [3.63, 3.8) is 0 Å². The van der Waals surface area contributed by atoms with Crippen molar-refractivity contribution in [3.05, 3.63) is 62.2 Å². The maximum absolute atomic E-state index is 5.65. The first kappa shape index (κ1) is 15.3. The fraction of sp³-hybridized carbons (Fsp3) is 0.294.